The van der Waals surface area contributed by atoms with Gasteiger partial charge in [0.1, 0.15) is 5.82 Å². The van der Waals surface area contributed by atoms with Crippen molar-refractivity contribution < 1.29 is 4.79 Å². The Bertz CT molecular complexity index is 642. The second-order valence-electron chi connectivity index (χ2n) is 5.24. The van der Waals surface area contributed by atoms with E-state index in [2.05, 4.69) is 26.2 Å². The summed E-state index contributed by atoms with van der Waals surface area (Å²) in [5, 5.41) is 3.99. The van der Waals surface area contributed by atoms with Crippen molar-refractivity contribution in [2.24, 2.45) is 0 Å². The maximum absolute atomic E-state index is 11.9. The molecule has 0 atom stereocenters. The van der Waals surface area contributed by atoms with Gasteiger partial charge in [0.15, 0.2) is 0 Å². The van der Waals surface area contributed by atoms with Crippen LogP contribution in [0.4, 0.5) is 5.82 Å². The van der Waals surface area contributed by atoms with Gasteiger partial charge in [-0.25, -0.2) is 4.98 Å². The van der Waals surface area contributed by atoms with E-state index in [0.717, 1.165) is 27.7 Å². The molecule has 0 bridgehead atoms. The summed E-state index contributed by atoms with van der Waals surface area (Å²) in [5.41, 5.74) is 0.929. The molecule has 1 aromatic heterocycles. The van der Waals surface area contributed by atoms with E-state index < -0.39 is 0 Å². The molecule has 1 N–H and O–H groups in total. The predicted molar refractivity (Wildman–Crippen MR) is 90.6 cm³/mol. The minimum atomic E-state index is 0.0181. The van der Waals surface area contributed by atoms with Gasteiger partial charge in [0.2, 0.25) is 5.91 Å². The zero-order valence-electron chi connectivity index (χ0n) is 12.6. The lowest BCUT2D eigenvalue weighted by Crippen LogP contribution is -2.40. The van der Waals surface area contributed by atoms with Crippen molar-refractivity contribution in [2.45, 2.75) is 26.8 Å². The van der Waals surface area contributed by atoms with E-state index in [0.29, 0.717) is 6.54 Å². The van der Waals surface area contributed by atoms with Crippen LogP contribution in [0.3, 0.4) is 0 Å². The van der Waals surface area contributed by atoms with E-state index in [1.165, 1.54) is 0 Å². The summed E-state index contributed by atoms with van der Waals surface area (Å²) in [5.74, 6) is 0.843. The van der Waals surface area contributed by atoms with E-state index in [1.54, 1.807) is 0 Å². The van der Waals surface area contributed by atoms with Crippen LogP contribution >= 0.6 is 15.9 Å². The van der Waals surface area contributed by atoms with E-state index >= 15 is 0 Å². The van der Waals surface area contributed by atoms with Crippen LogP contribution in [-0.2, 0) is 4.79 Å². The predicted octanol–water partition coefficient (Wildman–Crippen LogP) is 3.35. The summed E-state index contributed by atoms with van der Waals surface area (Å²) in [6, 6.07) is 10.1. The zero-order chi connectivity index (χ0) is 15.4. The van der Waals surface area contributed by atoms with Crippen molar-refractivity contribution in [3.63, 3.8) is 0 Å². The third-order valence-electron chi connectivity index (χ3n) is 3.13. The fourth-order valence-corrected chi connectivity index (χ4v) is 2.54. The average Bonchev–Trinajstić information content (AvgIpc) is 2.43. The molecule has 0 radical (unpaired) electrons. The fourth-order valence-electron chi connectivity index (χ4n) is 2.16. The highest BCUT2D eigenvalue weighted by Crippen LogP contribution is 2.21. The Morgan fingerprint density at radius 2 is 2.10 bits per heavy atom. The molecule has 0 saturated carbocycles. The third kappa shape index (κ3) is 4.17. The largest absolute Gasteiger partial charge is 0.352 e. The Balaban J connectivity index is 2.21. The molecule has 1 aromatic carbocycles. The molecule has 2 aromatic rings. The number of aromatic nitrogens is 1. The van der Waals surface area contributed by atoms with E-state index in [4.69, 9.17) is 0 Å². The van der Waals surface area contributed by atoms with Gasteiger partial charge in [-0.3, -0.25) is 4.79 Å². The van der Waals surface area contributed by atoms with Crippen molar-refractivity contribution >= 4 is 38.6 Å². The lowest BCUT2D eigenvalue weighted by atomic mass is 10.2. The molecule has 0 unspecified atom stereocenters. The van der Waals surface area contributed by atoms with Crippen LogP contribution in [0.1, 0.15) is 20.8 Å². The number of hydrogen-bond acceptors (Lipinski definition) is 3. The Labute approximate surface area is 133 Å². The number of nitrogens with one attached hydrogen (secondary N) is 1. The second kappa shape index (κ2) is 6.89. The van der Waals surface area contributed by atoms with Crippen LogP contribution in [0, 0.1) is 0 Å². The Morgan fingerprint density at radius 1 is 1.33 bits per heavy atom. The Hall–Kier alpha value is -1.62. The second-order valence-corrected chi connectivity index (χ2v) is 6.16. The molecule has 0 aliphatic heterocycles. The number of rotatable bonds is 5. The summed E-state index contributed by atoms with van der Waals surface area (Å²) in [6.07, 6.45) is 0. The molecule has 21 heavy (non-hydrogen) atoms. The number of likely N-dealkylation sites (N-methyl/N-ethyl adjacent to an activating group) is 1. The lowest BCUT2D eigenvalue weighted by Gasteiger charge is -2.22. The first kappa shape index (κ1) is 15.8. The van der Waals surface area contributed by atoms with Crippen molar-refractivity contribution in [3.8, 4) is 0 Å². The van der Waals surface area contributed by atoms with Crippen molar-refractivity contribution in [3.05, 3.63) is 34.8 Å². The molecule has 0 saturated heterocycles. The van der Waals surface area contributed by atoms with Gasteiger partial charge < -0.3 is 10.2 Å². The van der Waals surface area contributed by atoms with Crippen LogP contribution in [0.2, 0.25) is 0 Å². The average molecular weight is 350 g/mol. The molecule has 0 aliphatic rings. The molecule has 112 valence electrons. The first-order valence-electron chi connectivity index (χ1n) is 7.10. The summed E-state index contributed by atoms with van der Waals surface area (Å²) < 4.78 is 1.04. The van der Waals surface area contributed by atoms with Gasteiger partial charge in [0, 0.05) is 22.4 Å². The number of amides is 1. The Kier molecular flexibility index (Phi) is 5.17. The van der Waals surface area contributed by atoms with E-state index in [-0.39, 0.29) is 11.9 Å². The highest BCUT2D eigenvalue weighted by atomic mass is 79.9. The molecule has 0 aliphatic carbocycles. The van der Waals surface area contributed by atoms with E-state index in [9.17, 15) is 4.79 Å². The minimum absolute atomic E-state index is 0.0181. The van der Waals surface area contributed by atoms with Crippen LogP contribution in [-0.4, -0.2) is 30.0 Å². The molecule has 2 rings (SSSR count). The number of anilines is 1. The van der Waals surface area contributed by atoms with E-state index in [1.807, 2.05) is 56.0 Å². The van der Waals surface area contributed by atoms with Crippen LogP contribution in [0.5, 0.6) is 0 Å². The number of benzene rings is 1. The first-order chi connectivity index (χ1) is 9.99. The minimum Gasteiger partial charge on any atom is -0.352 e. The van der Waals surface area contributed by atoms with Gasteiger partial charge >= 0.3 is 0 Å². The third-order valence-corrected chi connectivity index (χ3v) is 3.62. The molecular weight excluding hydrogens is 330 g/mol. The maximum atomic E-state index is 11.9. The number of halogens is 1. The molecule has 0 fully saturated rings. The number of fused-ring (bicyclic) bond motifs is 1. The summed E-state index contributed by atoms with van der Waals surface area (Å²) in [6.45, 7) is 7.00. The van der Waals surface area contributed by atoms with Gasteiger partial charge in [-0.05, 0) is 51.1 Å². The van der Waals surface area contributed by atoms with Crippen molar-refractivity contribution in [1.82, 2.24) is 10.3 Å². The topological polar surface area (TPSA) is 45.2 Å². The zero-order valence-corrected chi connectivity index (χ0v) is 14.1. The summed E-state index contributed by atoms with van der Waals surface area (Å²) in [4.78, 5) is 18.5. The monoisotopic (exact) mass is 349 g/mol. The SMILES string of the molecule is CCN(CC(=O)NC(C)C)c1ccc2cc(Br)ccc2n1. The van der Waals surface area contributed by atoms with Gasteiger partial charge in [0.25, 0.3) is 0 Å². The van der Waals surface area contributed by atoms with Gasteiger partial charge in [-0.2, -0.15) is 0 Å². The van der Waals surface area contributed by atoms with Crippen molar-refractivity contribution in [1.29, 1.82) is 0 Å². The van der Waals surface area contributed by atoms with Gasteiger partial charge in [-0.1, -0.05) is 15.9 Å². The fraction of sp³-hybridized carbons (Fsp3) is 0.375. The number of pyridine rings is 1. The molecular formula is C16H20BrN3O. The molecule has 5 heteroatoms. The lowest BCUT2D eigenvalue weighted by molar-refractivity contribution is -0.120. The number of nitrogens with zero attached hydrogens (tertiary/aromatic N) is 2. The van der Waals surface area contributed by atoms with Crippen molar-refractivity contribution in [2.75, 3.05) is 18.0 Å². The molecule has 1 amide bonds. The van der Waals surface area contributed by atoms with Crippen LogP contribution < -0.4 is 10.2 Å². The normalized spacial score (nSPS) is 10.9. The highest BCUT2D eigenvalue weighted by molar-refractivity contribution is 9.10. The summed E-state index contributed by atoms with van der Waals surface area (Å²) in [7, 11) is 0. The highest BCUT2D eigenvalue weighted by Gasteiger charge is 2.12. The number of carbonyl (C=O) groups is 1. The number of carbonyl (C=O) groups excluding carboxylic acids is 1. The van der Waals surface area contributed by atoms with Crippen LogP contribution in [0.15, 0.2) is 34.8 Å². The maximum Gasteiger partial charge on any atom is 0.239 e. The molecule has 1 heterocycles. The smallest absolute Gasteiger partial charge is 0.239 e. The van der Waals surface area contributed by atoms with Gasteiger partial charge in [0.05, 0.1) is 12.1 Å². The quantitative estimate of drug-likeness (QED) is 0.900. The number of hydrogen-bond donors (Lipinski definition) is 1. The molecule has 4 nitrogen and oxygen atoms in total. The Morgan fingerprint density at radius 3 is 2.76 bits per heavy atom. The van der Waals surface area contributed by atoms with Gasteiger partial charge in [-0.15, -0.1) is 0 Å². The molecule has 0 spiro atoms. The van der Waals surface area contributed by atoms with Crippen LogP contribution in [0.25, 0.3) is 10.9 Å². The summed E-state index contributed by atoms with van der Waals surface area (Å²) >= 11 is 3.46. The first-order valence-corrected chi connectivity index (χ1v) is 7.89. The standard InChI is InChI=1S/C16H20BrN3O/c1-4-20(10-16(21)18-11(2)3)15-8-5-12-9-13(17)6-7-14(12)19-15/h5-9,11H,4,10H2,1-3H3,(H,18,21).